The van der Waals surface area contributed by atoms with Crippen LogP contribution in [0.25, 0.3) is 11.3 Å². The molecule has 1 amide bonds. The number of aromatic nitrogens is 2. The molecule has 9 nitrogen and oxygen atoms in total. The fourth-order valence-electron chi connectivity index (χ4n) is 5.32. The largest absolute Gasteiger partial charge is 0.494 e. The van der Waals surface area contributed by atoms with Crippen LogP contribution in [0.15, 0.2) is 36.5 Å². The number of ether oxygens (including phenoxy) is 1. The first-order chi connectivity index (χ1) is 19.8. The van der Waals surface area contributed by atoms with Crippen molar-refractivity contribution in [1.29, 1.82) is 5.26 Å². The highest BCUT2D eigenvalue weighted by Gasteiger charge is 2.42. The zero-order valence-electron chi connectivity index (χ0n) is 25.8. The fourth-order valence-corrected chi connectivity index (χ4v) is 6.43. The van der Waals surface area contributed by atoms with Crippen LogP contribution < -0.4 is 20.3 Å². The molecule has 5 rings (SSSR count). The van der Waals surface area contributed by atoms with Crippen molar-refractivity contribution in [3.8, 4) is 23.1 Å². The molecule has 1 atom stereocenters. The molecule has 2 aliphatic heterocycles. The molecule has 2 aromatic carbocycles. The number of carbonyl (C=O) groups is 1. The topological polar surface area (TPSA) is 112 Å². The summed E-state index contributed by atoms with van der Waals surface area (Å²) < 4.78 is 12.3. The molecular formula is C32H40N6O3Si. The maximum atomic E-state index is 12.1. The van der Waals surface area contributed by atoms with Crippen molar-refractivity contribution in [2.75, 3.05) is 42.3 Å². The van der Waals surface area contributed by atoms with Gasteiger partial charge in [-0.15, -0.1) is 0 Å². The molecule has 0 spiro atoms. The van der Waals surface area contributed by atoms with Crippen LogP contribution in [0.3, 0.4) is 0 Å². The van der Waals surface area contributed by atoms with Gasteiger partial charge < -0.3 is 24.7 Å². The molecule has 2 N–H and O–H groups in total. The number of methoxy groups -OCH3 is 1. The number of anilines is 4. The Morgan fingerprint density at radius 3 is 2.69 bits per heavy atom. The van der Waals surface area contributed by atoms with E-state index >= 15 is 0 Å². The SMILES string of the molecule is COc1cc2c(cc1Nc1nccc(-c3cc(C#N)c4c(c3)C(C)(CO[Si](C)(C)C(C)(C)C)CN4)n1)CCN2C(C)=O. The number of benzene rings is 2. The quantitative estimate of drug-likeness (QED) is 0.308. The predicted octanol–water partition coefficient (Wildman–Crippen LogP) is 6.38. The van der Waals surface area contributed by atoms with E-state index in [4.69, 9.17) is 14.1 Å². The van der Waals surface area contributed by atoms with Gasteiger partial charge in [0.2, 0.25) is 11.9 Å². The lowest BCUT2D eigenvalue weighted by atomic mass is 9.83. The Morgan fingerprint density at radius 2 is 2.02 bits per heavy atom. The summed E-state index contributed by atoms with van der Waals surface area (Å²) in [5.74, 6) is 1.02. The number of amides is 1. The summed E-state index contributed by atoms with van der Waals surface area (Å²) in [5, 5.41) is 16.9. The fraction of sp³-hybridized carbons (Fsp3) is 0.438. The van der Waals surface area contributed by atoms with E-state index < -0.39 is 8.32 Å². The van der Waals surface area contributed by atoms with Crippen LogP contribution in [-0.4, -0.2) is 51.0 Å². The summed E-state index contributed by atoms with van der Waals surface area (Å²) in [4.78, 5) is 23.1. The summed E-state index contributed by atoms with van der Waals surface area (Å²) in [6.45, 7) is 17.0. The highest BCUT2D eigenvalue weighted by atomic mass is 28.4. The van der Waals surface area contributed by atoms with Crippen molar-refractivity contribution in [2.45, 2.75) is 64.6 Å². The first-order valence-electron chi connectivity index (χ1n) is 14.3. The first kappa shape index (κ1) is 29.5. The molecule has 0 aliphatic carbocycles. The van der Waals surface area contributed by atoms with Gasteiger partial charge >= 0.3 is 0 Å². The smallest absolute Gasteiger partial charge is 0.227 e. The van der Waals surface area contributed by atoms with E-state index in [9.17, 15) is 10.1 Å². The van der Waals surface area contributed by atoms with Crippen LogP contribution in [0.1, 0.15) is 51.3 Å². The number of fused-ring (bicyclic) bond motifs is 2. The first-order valence-corrected chi connectivity index (χ1v) is 17.2. The Kier molecular flexibility index (Phi) is 7.54. The third-order valence-electron chi connectivity index (χ3n) is 9.00. The van der Waals surface area contributed by atoms with Crippen molar-refractivity contribution in [3.05, 3.63) is 53.2 Å². The summed E-state index contributed by atoms with van der Waals surface area (Å²) in [7, 11) is -0.358. The van der Waals surface area contributed by atoms with E-state index in [1.807, 2.05) is 24.3 Å². The highest BCUT2D eigenvalue weighted by Crippen LogP contribution is 2.44. The van der Waals surface area contributed by atoms with E-state index in [2.05, 4.69) is 68.5 Å². The van der Waals surface area contributed by atoms with Crippen molar-refractivity contribution in [3.63, 3.8) is 0 Å². The Balaban J connectivity index is 1.46. The maximum Gasteiger partial charge on any atom is 0.227 e. The third-order valence-corrected chi connectivity index (χ3v) is 13.5. The van der Waals surface area contributed by atoms with Gasteiger partial charge in [-0.05, 0) is 59.9 Å². The molecule has 42 heavy (non-hydrogen) atoms. The molecule has 3 heterocycles. The summed E-state index contributed by atoms with van der Waals surface area (Å²) in [6.07, 6.45) is 2.48. The minimum absolute atomic E-state index is 0.0106. The Hall–Kier alpha value is -3.94. The van der Waals surface area contributed by atoms with Gasteiger partial charge in [0.1, 0.15) is 11.8 Å². The average Bonchev–Trinajstić information content (AvgIpc) is 3.51. The van der Waals surface area contributed by atoms with Gasteiger partial charge in [-0.2, -0.15) is 5.26 Å². The zero-order chi connectivity index (χ0) is 30.4. The molecule has 220 valence electrons. The van der Waals surface area contributed by atoms with Crippen LogP contribution in [0.4, 0.5) is 23.0 Å². The van der Waals surface area contributed by atoms with E-state index in [1.165, 1.54) is 0 Å². The number of hydrogen-bond donors (Lipinski definition) is 2. The van der Waals surface area contributed by atoms with Crippen molar-refractivity contribution < 1.29 is 14.0 Å². The zero-order valence-corrected chi connectivity index (χ0v) is 26.8. The van der Waals surface area contributed by atoms with Gasteiger partial charge in [-0.25, -0.2) is 9.97 Å². The van der Waals surface area contributed by atoms with Crippen LogP contribution in [0, 0.1) is 11.3 Å². The molecule has 1 unspecified atom stereocenters. The minimum Gasteiger partial charge on any atom is -0.494 e. The van der Waals surface area contributed by atoms with Crippen molar-refractivity contribution in [2.24, 2.45) is 0 Å². The third kappa shape index (κ3) is 5.34. The van der Waals surface area contributed by atoms with Crippen LogP contribution in [0.5, 0.6) is 5.75 Å². The molecule has 0 fully saturated rings. The second kappa shape index (κ2) is 10.7. The van der Waals surface area contributed by atoms with Gasteiger partial charge in [-0.1, -0.05) is 27.7 Å². The second-order valence-electron chi connectivity index (χ2n) is 13.0. The Labute approximate surface area is 249 Å². The molecule has 1 aromatic heterocycles. The molecule has 0 saturated heterocycles. The molecule has 3 aromatic rings. The van der Waals surface area contributed by atoms with E-state index in [-0.39, 0.29) is 16.4 Å². The van der Waals surface area contributed by atoms with E-state index in [0.29, 0.717) is 42.7 Å². The number of nitriles is 1. The van der Waals surface area contributed by atoms with Gasteiger partial charge in [0.25, 0.3) is 0 Å². The van der Waals surface area contributed by atoms with Gasteiger partial charge in [0.05, 0.1) is 35.4 Å². The Morgan fingerprint density at radius 1 is 1.26 bits per heavy atom. The summed E-state index contributed by atoms with van der Waals surface area (Å²) >= 11 is 0. The average molecular weight is 585 g/mol. The number of carbonyl (C=O) groups excluding carboxylic acids is 1. The lowest BCUT2D eigenvalue weighted by Gasteiger charge is -2.39. The summed E-state index contributed by atoms with van der Waals surface area (Å²) in [5.41, 5.74) is 6.45. The minimum atomic E-state index is -1.96. The number of rotatable bonds is 7. The monoisotopic (exact) mass is 584 g/mol. The number of hydrogen-bond acceptors (Lipinski definition) is 8. The van der Waals surface area contributed by atoms with Crippen molar-refractivity contribution in [1.82, 2.24) is 9.97 Å². The normalized spacial score (nSPS) is 17.7. The Bertz CT molecular complexity index is 1590. The van der Waals surface area contributed by atoms with E-state index in [0.717, 1.165) is 40.2 Å². The van der Waals surface area contributed by atoms with Gasteiger partial charge in [-0.3, -0.25) is 4.79 Å². The highest BCUT2D eigenvalue weighted by molar-refractivity contribution is 6.74. The van der Waals surface area contributed by atoms with Gasteiger partial charge in [0.15, 0.2) is 8.32 Å². The molecule has 0 saturated carbocycles. The van der Waals surface area contributed by atoms with Crippen LogP contribution in [0.2, 0.25) is 18.1 Å². The lowest BCUT2D eigenvalue weighted by molar-refractivity contribution is -0.116. The van der Waals surface area contributed by atoms with Gasteiger partial charge in [0, 0.05) is 49.9 Å². The predicted molar refractivity (Wildman–Crippen MR) is 169 cm³/mol. The molecule has 10 heteroatoms. The van der Waals surface area contributed by atoms with Crippen molar-refractivity contribution >= 4 is 37.2 Å². The molecule has 0 radical (unpaired) electrons. The number of nitrogens with zero attached hydrogens (tertiary/aromatic N) is 4. The second-order valence-corrected chi connectivity index (χ2v) is 17.8. The number of nitrogens with one attached hydrogen (secondary N) is 2. The van der Waals surface area contributed by atoms with Crippen LogP contribution in [-0.2, 0) is 21.1 Å². The maximum absolute atomic E-state index is 12.1. The van der Waals surface area contributed by atoms with Crippen LogP contribution >= 0.6 is 0 Å². The lowest BCUT2D eigenvalue weighted by Crippen LogP contribution is -2.45. The molecule has 2 aliphatic rings. The summed E-state index contributed by atoms with van der Waals surface area (Å²) in [6, 6.07) is 12.1. The van der Waals surface area contributed by atoms with E-state index in [1.54, 1.807) is 25.1 Å². The standard InChI is InChI=1S/C32H40N6O3Si/c1-20(39)38-12-10-21-15-26(28(40-6)16-27(21)38)37-30-34-11-9-25(36-30)22-13-23(17-33)29-24(14-22)32(5,18-35-29)19-41-42(7,8)31(2,3)4/h9,11,13-16,35H,10,12,18-19H2,1-8H3,(H,34,36,37). The molecular weight excluding hydrogens is 544 g/mol. The molecule has 0 bridgehead atoms.